The van der Waals surface area contributed by atoms with Gasteiger partial charge in [-0.05, 0) is 25.2 Å². The first-order valence-electron chi connectivity index (χ1n) is 7.13. The maximum Gasteiger partial charge on any atom is 0.257 e. The second-order valence-corrected chi connectivity index (χ2v) is 5.82. The molecule has 5 heteroatoms. The molecule has 3 heterocycles. The van der Waals surface area contributed by atoms with Crippen LogP contribution in [0, 0.1) is 18.8 Å². The van der Waals surface area contributed by atoms with Crippen molar-refractivity contribution in [3.63, 3.8) is 0 Å². The third-order valence-corrected chi connectivity index (χ3v) is 4.64. The Hall–Kier alpha value is -1.36. The third-order valence-electron chi connectivity index (χ3n) is 4.64. The summed E-state index contributed by atoms with van der Waals surface area (Å²) in [6, 6.07) is 0.382. The quantitative estimate of drug-likeness (QED) is 0.857. The van der Waals surface area contributed by atoms with E-state index in [1.807, 2.05) is 20.2 Å². The van der Waals surface area contributed by atoms with Crippen molar-refractivity contribution in [2.75, 3.05) is 19.6 Å². The van der Waals surface area contributed by atoms with Gasteiger partial charge in [0.2, 0.25) is 0 Å². The van der Waals surface area contributed by atoms with Gasteiger partial charge in [-0.3, -0.25) is 9.48 Å². The van der Waals surface area contributed by atoms with Gasteiger partial charge in [0.05, 0.1) is 11.3 Å². The SMILES string of the molecule is CCC1C2CNCC2CN1C(=O)c1cn(C)nc1C. The smallest absolute Gasteiger partial charge is 0.257 e. The molecule has 1 aromatic heterocycles. The molecule has 0 spiro atoms. The molecule has 0 saturated carbocycles. The predicted octanol–water partition coefficient (Wildman–Crippen LogP) is 0.799. The van der Waals surface area contributed by atoms with E-state index in [1.54, 1.807) is 4.68 Å². The molecule has 2 aliphatic heterocycles. The maximum absolute atomic E-state index is 12.7. The Kier molecular flexibility index (Phi) is 3.09. The number of nitrogens with zero attached hydrogens (tertiary/aromatic N) is 3. The van der Waals surface area contributed by atoms with Crippen molar-refractivity contribution in [2.45, 2.75) is 26.3 Å². The van der Waals surface area contributed by atoms with E-state index in [-0.39, 0.29) is 5.91 Å². The Morgan fingerprint density at radius 1 is 1.53 bits per heavy atom. The summed E-state index contributed by atoms with van der Waals surface area (Å²) in [6.45, 7) is 7.09. The number of aryl methyl sites for hydroxylation is 2. The van der Waals surface area contributed by atoms with Gasteiger partial charge in [0, 0.05) is 38.9 Å². The summed E-state index contributed by atoms with van der Waals surface area (Å²) in [5.74, 6) is 1.42. The number of likely N-dealkylation sites (tertiary alicyclic amines) is 1. The fourth-order valence-corrected chi connectivity index (χ4v) is 3.74. The van der Waals surface area contributed by atoms with Crippen LogP contribution in [-0.4, -0.2) is 46.3 Å². The largest absolute Gasteiger partial charge is 0.335 e. The second kappa shape index (κ2) is 4.63. The van der Waals surface area contributed by atoms with Crippen molar-refractivity contribution in [3.05, 3.63) is 17.5 Å². The zero-order chi connectivity index (χ0) is 13.6. The molecule has 0 aliphatic carbocycles. The maximum atomic E-state index is 12.7. The monoisotopic (exact) mass is 262 g/mol. The fraction of sp³-hybridized carbons (Fsp3) is 0.714. The van der Waals surface area contributed by atoms with Crippen LogP contribution in [0.4, 0.5) is 0 Å². The van der Waals surface area contributed by atoms with Crippen molar-refractivity contribution in [3.8, 4) is 0 Å². The van der Waals surface area contributed by atoms with E-state index in [0.29, 0.717) is 17.9 Å². The normalized spacial score (nSPS) is 29.8. The molecule has 0 bridgehead atoms. The molecule has 2 fully saturated rings. The van der Waals surface area contributed by atoms with Crippen LogP contribution in [0.5, 0.6) is 0 Å². The molecule has 19 heavy (non-hydrogen) atoms. The topological polar surface area (TPSA) is 50.2 Å². The van der Waals surface area contributed by atoms with Crippen LogP contribution in [0.1, 0.15) is 29.4 Å². The van der Waals surface area contributed by atoms with E-state index in [0.717, 1.165) is 37.3 Å². The number of fused-ring (bicyclic) bond motifs is 1. The lowest BCUT2D eigenvalue weighted by Gasteiger charge is -2.26. The molecule has 1 amide bonds. The van der Waals surface area contributed by atoms with Gasteiger partial charge >= 0.3 is 0 Å². The van der Waals surface area contributed by atoms with Gasteiger partial charge in [-0.1, -0.05) is 6.92 Å². The van der Waals surface area contributed by atoms with Gasteiger partial charge in [-0.2, -0.15) is 5.10 Å². The van der Waals surface area contributed by atoms with E-state index in [1.165, 1.54) is 0 Å². The van der Waals surface area contributed by atoms with Crippen LogP contribution in [0.2, 0.25) is 0 Å². The molecular weight excluding hydrogens is 240 g/mol. The summed E-state index contributed by atoms with van der Waals surface area (Å²) in [4.78, 5) is 14.8. The van der Waals surface area contributed by atoms with Crippen LogP contribution in [0.3, 0.4) is 0 Å². The zero-order valence-electron chi connectivity index (χ0n) is 11.9. The minimum absolute atomic E-state index is 0.159. The van der Waals surface area contributed by atoms with Crippen molar-refractivity contribution < 1.29 is 4.79 Å². The third kappa shape index (κ3) is 1.96. The van der Waals surface area contributed by atoms with Gasteiger partial charge in [-0.15, -0.1) is 0 Å². The van der Waals surface area contributed by atoms with Gasteiger partial charge in [0.15, 0.2) is 0 Å². The van der Waals surface area contributed by atoms with E-state index < -0.39 is 0 Å². The van der Waals surface area contributed by atoms with Crippen molar-refractivity contribution in [1.29, 1.82) is 0 Å². The molecule has 5 nitrogen and oxygen atoms in total. The van der Waals surface area contributed by atoms with Crippen molar-refractivity contribution in [2.24, 2.45) is 18.9 Å². The Morgan fingerprint density at radius 2 is 2.32 bits per heavy atom. The van der Waals surface area contributed by atoms with Gasteiger partial charge in [0.25, 0.3) is 5.91 Å². The number of hydrogen-bond acceptors (Lipinski definition) is 3. The second-order valence-electron chi connectivity index (χ2n) is 5.82. The molecule has 1 aromatic rings. The lowest BCUT2D eigenvalue weighted by atomic mass is 9.93. The first-order valence-corrected chi connectivity index (χ1v) is 7.13. The van der Waals surface area contributed by atoms with Crippen LogP contribution >= 0.6 is 0 Å². The molecule has 0 radical (unpaired) electrons. The fourth-order valence-electron chi connectivity index (χ4n) is 3.74. The summed E-state index contributed by atoms with van der Waals surface area (Å²) in [6.07, 6.45) is 2.88. The standard InChI is InChI=1S/C14H22N4O/c1-4-13-11-6-15-5-10(11)7-18(13)14(19)12-8-17(3)16-9(12)2/h8,10-11,13,15H,4-7H2,1-3H3. The minimum Gasteiger partial charge on any atom is -0.335 e. The van der Waals surface area contributed by atoms with Crippen molar-refractivity contribution >= 4 is 5.91 Å². The average Bonchev–Trinajstić information content (AvgIpc) is 3.01. The van der Waals surface area contributed by atoms with Crippen LogP contribution < -0.4 is 5.32 Å². The van der Waals surface area contributed by atoms with Gasteiger partial charge in [0.1, 0.15) is 0 Å². The van der Waals surface area contributed by atoms with E-state index >= 15 is 0 Å². The molecule has 3 unspecified atom stereocenters. The lowest BCUT2D eigenvalue weighted by Crippen LogP contribution is -2.39. The highest BCUT2D eigenvalue weighted by atomic mass is 16.2. The average molecular weight is 262 g/mol. The summed E-state index contributed by atoms with van der Waals surface area (Å²) in [5, 5.41) is 7.73. The van der Waals surface area contributed by atoms with E-state index in [9.17, 15) is 4.79 Å². The van der Waals surface area contributed by atoms with Crippen molar-refractivity contribution in [1.82, 2.24) is 20.0 Å². The predicted molar refractivity (Wildman–Crippen MR) is 72.9 cm³/mol. The number of carbonyl (C=O) groups is 1. The molecule has 2 aliphatic rings. The van der Waals surface area contributed by atoms with Crippen LogP contribution in [0.15, 0.2) is 6.20 Å². The van der Waals surface area contributed by atoms with E-state index in [4.69, 9.17) is 0 Å². The molecule has 2 saturated heterocycles. The summed E-state index contributed by atoms with van der Waals surface area (Å²) < 4.78 is 1.72. The molecule has 3 atom stereocenters. The molecule has 3 rings (SSSR count). The number of amides is 1. The number of aromatic nitrogens is 2. The number of hydrogen-bond donors (Lipinski definition) is 1. The highest BCUT2D eigenvalue weighted by molar-refractivity contribution is 5.95. The number of nitrogens with one attached hydrogen (secondary N) is 1. The number of carbonyl (C=O) groups excluding carboxylic acids is 1. The molecular formula is C14H22N4O. The summed E-state index contributed by atoms with van der Waals surface area (Å²) in [7, 11) is 1.86. The molecule has 0 aromatic carbocycles. The van der Waals surface area contributed by atoms with Crippen LogP contribution in [-0.2, 0) is 7.05 Å². The Labute approximate surface area is 114 Å². The Balaban J connectivity index is 1.85. The minimum atomic E-state index is 0.159. The highest BCUT2D eigenvalue weighted by Crippen LogP contribution is 2.35. The summed E-state index contributed by atoms with van der Waals surface area (Å²) in [5.41, 5.74) is 1.59. The zero-order valence-corrected chi connectivity index (χ0v) is 11.9. The van der Waals surface area contributed by atoms with Gasteiger partial charge in [-0.25, -0.2) is 0 Å². The molecule has 1 N–H and O–H groups in total. The molecule has 104 valence electrons. The Morgan fingerprint density at radius 3 is 2.95 bits per heavy atom. The van der Waals surface area contributed by atoms with E-state index in [2.05, 4.69) is 22.2 Å². The van der Waals surface area contributed by atoms with Gasteiger partial charge < -0.3 is 10.2 Å². The summed E-state index contributed by atoms with van der Waals surface area (Å²) >= 11 is 0. The highest BCUT2D eigenvalue weighted by Gasteiger charge is 2.45. The first kappa shape index (κ1) is 12.7. The lowest BCUT2D eigenvalue weighted by molar-refractivity contribution is 0.0711. The first-order chi connectivity index (χ1) is 9.11. The number of rotatable bonds is 2. The van der Waals surface area contributed by atoms with Crippen LogP contribution in [0.25, 0.3) is 0 Å². The Bertz CT molecular complexity index is 496.